The molecule has 0 radical (unpaired) electrons. The van der Waals surface area contributed by atoms with Crippen molar-refractivity contribution in [3.63, 3.8) is 0 Å². The van der Waals surface area contributed by atoms with Crippen molar-refractivity contribution in [2.24, 2.45) is 5.73 Å². The van der Waals surface area contributed by atoms with E-state index in [1.807, 2.05) is 49.4 Å². The summed E-state index contributed by atoms with van der Waals surface area (Å²) in [5.74, 6) is 1.53. The summed E-state index contributed by atoms with van der Waals surface area (Å²) in [6, 6.07) is 13.7. The lowest BCUT2D eigenvalue weighted by molar-refractivity contribution is 0.369. The fraction of sp³-hybridized carbons (Fsp3) is 0.188. The molecule has 0 aliphatic rings. The van der Waals surface area contributed by atoms with Crippen LogP contribution in [0.15, 0.2) is 47.0 Å². The zero-order chi connectivity index (χ0) is 14.1. The molecule has 1 unspecified atom stereocenters. The fourth-order valence-electron chi connectivity index (χ4n) is 2.30. The predicted molar refractivity (Wildman–Crippen MR) is 78.6 cm³/mol. The van der Waals surface area contributed by atoms with Gasteiger partial charge in [0.1, 0.15) is 11.4 Å². The molecule has 20 heavy (non-hydrogen) atoms. The molecule has 0 saturated carbocycles. The summed E-state index contributed by atoms with van der Waals surface area (Å²) in [6.07, 6.45) is 0. The number of ether oxygens (including phenoxy) is 1. The molecule has 1 atom stereocenters. The van der Waals surface area contributed by atoms with E-state index >= 15 is 0 Å². The number of fused-ring (bicyclic) bond motifs is 1. The lowest BCUT2D eigenvalue weighted by atomic mass is 10.0. The number of rotatable bonds is 3. The molecule has 4 nitrogen and oxygen atoms in total. The summed E-state index contributed by atoms with van der Waals surface area (Å²) in [7, 11) is 1.67. The molecule has 0 aliphatic heterocycles. The third-order valence-corrected chi connectivity index (χ3v) is 3.36. The first-order chi connectivity index (χ1) is 9.70. The Morgan fingerprint density at radius 3 is 2.55 bits per heavy atom. The topological polar surface area (TPSA) is 61.3 Å². The van der Waals surface area contributed by atoms with Gasteiger partial charge in [-0.2, -0.15) is 0 Å². The Morgan fingerprint density at radius 1 is 1.15 bits per heavy atom. The van der Waals surface area contributed by atoms with Gasteiger partial charge in [-0.05, 0) is 24.4 Å². The van der Waals surface area contributed by atoms with Crippen LogP contribution in [0.5, 0.6) is 5.75 Å². The minimum Gasteiger partial charge on any atom is -0.496 e. The van der Waals surface area contributed by atoms with Crippen molar-refractivity contribution in [2.75, 3.05) is 7.11 Å². The van der Waals surface area contributed by atoms with Crippen LogP contribution in [-0.4, -0.2) is 12.3 Å². The van der Waals surface area contributed by atoms with E-state index in [-0.39, 0.29) is 6.04 Å². The first-order valence-electron chi connectivity index (χ1n) is 6.49. The van der Waals surface area contributed by atoms with Gasteiger partial charge in [-0.1, -0.05) is 29.4 Å². The molecular formula is C16H16N2O2. The number of aromatic nitrogens is 1. The van der Waals surface area contributed by atoms with Crippen LogP contribution in [0.1, 0.15) is 18.7 Å². The van der Waals surface area contributed by atoms with Gasteiger partial charge in [0.15, 0.2) is 5.76 Å². The van der Waals surface area contributed by atoms with Crippen molar-refractivity contribution in [2.45, 2.75) is 13.0 Å². The molecule has 0 fully saturated rings. The number of nitrogens with zero attached hydrogens (tertiary/aromatic N) is 1. The number of nitrogens with two attached hydrogens (primary N) is 1. The molecule has 3 rings (SSSR count). The fourth-order valence-corrected chi connectivity index (χ4v) is 2.30. The van der Waals surface area contributed by atoms with Gasteiger partial charge in [0.25, 0.3) is 0 Å². The van der Waals surface area contributed by atoms with Crippen LogP contribution in [0.25, 0.3) is 22.0 Å². The van der Waals surface area contributed by atoms with Crippen molar-refractivity contribution in [3.05, 3.63) is 48.2 Å². The molecule has 3 aromatic rings. The Labute approximate surface area is 117 Å². The second-order valence-corrected chi connectivity index (χ2v) is 4.76. The van der Waals surface area contributed by atoms with Crippen molar-refractivity contribution in [1.82, 2.24) is 5.16 Å². The summed E-state index contributed by atoms with van der Waals surface area (Å²) in [4.78, 5) is 0. The van der Waals surface area contributed by atoms with Crippen LogP contribution in [-0.2, 0) is 0 Å². The molecule has 4 heteroatoms. The Hall–Kier alpha value is -2.33. The smallest absolute Gasteiger partial charge is 0.153 e. The van der Waals surface area contributed by atoms with E-state index in [2.05, 4.69) is 5.16 Å². The summed E-state index contributed by atoms with van der Waals surface area (Å²) in [5, 5.41) is 6.25. The van der Waals surface area contributed by atoms with E-state index in [1.54, 1.807) is 7.11 Å². The molecular weight excluding hydrogens is 252 g/mol. The van der Waals surface area contributed by atoms with Crippen molar-refractivity contribution in [3.8, 4) is 17.0 Å². The Bertz CT molecular complexity index is 747. The molecule has 2 aromatic carbocycles. The highest BCUT2D eigenvalue weighted by Gasteiger charge is 2.13. The maximum absolute atomic E-state index is 5.81. The molecule has 0 aliphatic carbocycles. The normalized spacial score (nSPS) is 12.6. The lowest BCUT2D eigenvalue weighted by Crippen LogP contribution is -2.02. The van der Waals surface area contributed by atoms with Gasteiger partial charge >= 0.3 is 0 Å². The van der Waals surface area contributed by atoms with E-state index in [0.717, 1.165) is 27.8 Å². The van der Waals surface area contributed by atoms with Crippen LogP contribution in [0.2, 0.25) is 0 Å². The second-order valence-electron chi connectivity index (χ2n) is 4.76. The van der Waals surface area contributed by atoms with Crippen molar-refractivity contribution >= 4 is 10.8 Å². The highest BCUT2D eigenvalue weighted by atomic mass is 16.5. The van der Waals surface area contributed by atoms with Crippen LogP contribution in [0.3, 0.4) is 0 Å². The summed E-state index contributed by atoms with van der Waals surface area (Å²) >= 11 is 0. The Kier molecular flexibility index (Phi) is 3.16. The maximum Gasteiger partial charge on any atom is 0.153 e. The van der Waals surface area contributed by atoms with E-state index in [4.69, 9.17) is 15.0 Å². The lowest BCUT2D eigenvalue weighted by Gasteiger charge is -2.08. The Morgan fingerprint density at radius 2 is 1.90 bits per heavy atom. The third-order valence-electron chi connectivity index (χ3n) is 3.36. The number of hydrogen-bond acceptors (Lipinski definition) is 4. The van der Waals surface area contributed by atoms with Crippen LogP contribution in [0, 0.1) is 0 Å². The van der Waals surface area contributed by atoms with Gasteiger partial charge in [0.05, 0.1) is 13.2 Å². The zero-order valence-corrected chi connectivity index (χ0v) is 11.5. The van der Waals surface area contributed by atoms with E-state index in [0.29, 0.717) is 5.76 Å². The second kappa shape index (κ2) is 4.98. The SMILES string of the molecule is COc1ccc(-c2cc(C(C)N)on2)c2ccccc12. The average Bonchev–Trinajstić information content (AvgIpc) is 2.96. The molecule has 1 aromatic heterocycles. The monoisotopic (exact) mass is 268 g/mol. The van der Waals surface area contributed by atoms with Gasteiger partial charge in [0.2, 0.25) is 0 Å². The number of benzene rings is 2. The minimum atomic E-state index is -0.166. The molecule has 102 valence electrons. The molecule has 2 N–H and O–H groups in total. The van der Waals surface area contributed by atoms with Crippen LogP contribution in [0.4, 0.5) is 0 Å². The van der Waals surface area contributed by atoms with Crippen LogP contribution < -0.4 is 10.5 Å². The first kappa shape index (κ1) is 12.7. The first-order valence-corrected chi connectivity index (χ1v) is 6.49. The predicted octanol–water partition coefficient (Wildman–Crippen LogP) is 3.52. The van der Waals surface area contributed by atoms with Crippen molar-refractivity contribution < 1.29 is 9.26 Å². The summed E-state index contributed by atoms with van der Waals surface area (Å²) in [5.41, 5.74) is 7.61. The minimum absolute atomic E-state index is 0.166. The standard InChI is InChI=1S/C16H16N2O2/c1-10(17)16-9-14(18-20-16)12-7-8-15(19-2)13-6-4-3-5-11(12)13/h3-10H,17H2,1-2H3. The maximum atomic E-state index is 5.81. The molecule has 0 bridgehead atoms. The van der Waals surface area contributed by atoms with Crippen LogP contribution >= 0.6 is 0 Å². The van der Waals surface area contributed by atoms with E-state index < -0.39 is 0 Å². The largest absolute Gasteiger partial charge is 0.496 e. The van der Waals surface area contributed by atoms with Gasteiger partial charge in [-0.25, -0.2) is 0 Å². The quantitative estimate of drug-likeness (QED) is 0.789. The molecule has 1 heterocycles. The summed E-state index contributed by atoms with van der Waals surface area (Å²) in [6.45, 7) is 1.87. The molecule has 0 saturated heterocycles. The number of hydrogen-bond donors (Lipinski definition) is 1. The zero-order valence-electron chi connectivity index (χ0n) is 11.5. The summed E-state index contributed by atoms with van der Waals surface area (Å²) < 4.78 is 10.7. The third kappa shape index (κ3) is 2.04. The Balaban J connectivity index is 2.21. The van der Waals surface area contributed by atoms with E-state index in [9.17, 15) is 0 Å². The van der Waals surface area contributed by atoms with Gasteiger partial charge in [0, 0.05) is 17.0 Å². The number of methoxy groups -OCH3 is 1. The van der Waals surface area contributed by atoms with Crippen molar-refractivity contribution in [1.29, 1.82) is 0 Å². The van der Waals surface area contributed by atoms with Gasteiger partial charge < -0.3 is 15.0 Å². The van der Waals surface area contributed by atoms with Gasteiger partial charge in [-0.15, -0.1) is 0 Å². The highest BCUT2D eigenvalue weighted by molar-refractivity contribution is 5.99. The van der Waals surface area contributed by atoms with E-state index in [1.165, 1.54) is 0 Å². The highest BCUT2D eigenvalue weighted by Crippen LogP contribution is 2.34. The van der Waals surface area contributed by atoms with Gasteiger partial charge in [-0.3, -0.25) is 0 Å². The average molecular weight is 268 g/mol. The molecule has 0 spiro atoms. The molecule has 0 amide bonds.